The van der Waals surface area contributed by atoms with Crippen molar-refractivity contribution in [2.45, 2.75) is 57.4 Å². The van der Waals surface area contributed by atoms with Gasteiger partial charge in [0.25, 0.3) is 0 Å². The van der Waals surface area contributed by atoms with E-state index < -0.39 is 15.3 Å². The second-order valence-corrected chi connectivity index (χ2v) is 6.67. The van der Waals surface area contributed by atoms with Gasteiger partial charge in [-0.2, -0.15) is 4.31 Å². The van der Waals surface area contributed by atoms with E-state index in [1.54, 1.807) is 11.2 Å². The van der Waals surface area contributed by atoms with Gasteiger partial charge in [0.15, 0.2) is 0 Å². The van der Waals surface area contributed by atoms with E-state index in [0.29, 0.717) is 0 Å². The number of hydrogen-bond acceptors (Lipinski definition) is 3. The Morgan fingerprint density at radius 3 is 2.53 bits per heavy atom. The zero-order valence-corrected chi connectivity index (χ0v) is 10.6. The highest BCUT2D eigenvalue weighted by Crippen LogP contribution is 2.30. The maximum Gasteiger partial charge on any atom is 0.218 e. The summed E-state index contributed by atoms with van der Waals surface area (Å²) >= 11 is 0. The molecule has 15 heavy (non-hydrogen) atoms. The first-order chi connectivity index (χ1) is 6.95. The fourth-order valence-corrected chi connectivity index (χ4v) is 4.16. The minimum Gasteiger partial charge on any atom is -0.329 e. The summed E-state index contributed by atoms with van der Waals surface area (Å²) in [6, 6.07) is 0.313. The van der Waals surface area contributed by atoms with E-state index in [4.69, 9.17) is 5.73 Å². The van der Waals surface area contributed by atoms with Crippen LogP contribution in [0.15, 0.2) is 0 Å². The summed E-state index contributed by atoms with van der Waals surface area (Å²) in [5.74, 6) is 0. The topological polar surface area (TPSA) is 63.4 Å². The van der Waals surface area contributed by atoms with Crippen molar-refractivity contribution in [3.63, 3.8) is 0 Å². The van der Waals surface area contributed by atoms with Crippen LogP contribution in [0.4, 0.5) is 0 Å². The molecule has 1 fully saturated rings. The van der Waals surface area contributed by atoms with E-state index in [2.05, 4.69) is 0 Å². The standard InChI is InChI=1S/C10H22N2O2S/c1-4-10-6-5-8(2)12(10)15(13,14)9(3)7-11/h8-10H,4-7,11H2,1-3H3. The van der Waals surface area contributed by atoms with E-state index >= 15 is 0 Å². The van der Waals surface area contributed by atoms with Crippen LogP contribution in [0.25, 0.3) is 0 Å². The zero-order valence-electron chi connectivity index (χ0n) is 9.81. The molecule has 90 valence electrons. The normalized spacial score (nSPS) is 30.7. The maximum atomic E-state index is 12.2. The highest BCUT2D eigenvalue weighted by molar-refractivity contribution is 7.89. The van der Waals surface area contributed by atoms with Crippen LogP contribution in [0.3, 0.4) is 0 Å². The predicted molar refractivity (Wildman–Crippen MR) is 62.1 cm³/mol. The molecule has 0 aromatic heterocycles. The molecule has 0 aromatic carbocycles. The second kappa shape index (κ2) is 4.80. The van der Waals surface area contributed by atoms with Crippen LogP contribution in [-0.4, -0.2) is 36.6 Å². The van der Waals surface area contributed by atoms with Crippen LogP contribution < -0.4 is 5.73 Å². The molecule has 2 N–H and O–H groups in total. The third-order valence-corrected chi connectivity index (χ3v) is 5.77. The summed E-state index contributed by atoms with van der Waals surface area (Å²) in [5.41, 5.74) is 5.45. The van der Waals surface area contributed by atoms with Crippen LogP contribution in [0.2, 0.25) is 0 Å². The smallest absolute Gasteiger partial charge is 0.218 e. The first-order valence-electron chi connectivity index (χ1n) is 5.67. The van der Waals surface area contributed by atoms with E-state index in [1.165, 1.54) is 0 Å². The van der Waals surface area contributed by atoms with Gasteiger partial charge in [0.1, 0.15) is 0 Å². The van der Waals surface area contributed by atoms with Gasteiger partial charge in [0, 0.05) is 18.6 Å². The first-order valence-corrected chi connectivity index (χ1v) is 7.17. The number of rotatable bonds is 4. The lowest BCUT2D eigenvalue weighted by Gasteiger charge is -2.29. The Kier molecular flexibility index (Phi) is 4.14. The van der Waals surface area contributed by atoms with Crippen LogP contribution >= 0.6 is 0 Å². The SMILES string of the molecule is CCC1CCC(C)N1S(=O)(=O)C(C)CN. The summed E-state index contributed by atoms with van der Waals surface area (Å²) < 4.78 is 26.1. The van der Waals surface area contributed by atoms with Crippen LogP contribution in [0, 0.1) is 0 Å². The van der Waals surface area contributed by atoms with Crippen molar-refractivity contribution in [2.75, 3.05) is 6.54 Å². The van der Waals surface area contributed by atoms with Crippen molar-refractivity contribution in [1.29, 1.82) is 0 Å². The third kappa shape index (κ3) is 2.34. The maximum absolute atomic E-state index is 12.2. The lowest BCUT2D eigenvalue weighted by atomic mass is 10.2. The molecule has 1 rings (SSSR count). The third-order valence-electron chi connectivity index (χ3n) is 3.32. The van der Waals surface area contributed by atoms with Crippen molar-refractivity contribution >= 4 is 10.0 Å². The van der Waals surface area contributed by atoms with Gasteiger partial charge in [-0.05, 0) is 33.1 Å². The number of sulfonamides is 1. The van der Waals surface area contributed by atoms with Gasteiger partial charge in [0.2, 0.25) is 10.0 Å². The van der Waals surface area contributed by atoms with E-state index in [-0.39, 0.29) is 18.6 Å². The second-order valence-electron chi connectivity index (χ2n) is 4.41. The molecule has 1 aliphatic heterocycles. The van der Waals surface area contributed by atoms with E-state index in [9.17, 15) is 8.42 Å². The lowest BCUT2D eigenvalue weighted by Crippen LogP contribution is -2.46. The molecule has 0 aliphatic carbocycles. The highest BCUT2D eigenvalue weighted by atomic mass is 32.2. The molecule has 3 atom stereocenters. The summed E-state index contributed by atoms with van der Waals surface area (Å²) in [5, 5.41) is -0.466. The van der Waals surface area contributed by atoms with Crippen molar-refractivity contribution in [3.8, 4) is 0 Å². The Balaban J connectivity index is 2.94. The molecule has 0 bridgehead atoms. The van der Waals surface area contributed by atoms with Crippen molar-refractivity contribution in [2.24, 2.45) is 5.73 Å². The molecule has 1 saturated heterocycles. The molecule has 1 aliphatic rings. The Bertz CT molecular complexity index is 303. The number of nitrogens with two attached hydrogens (primary N) is 1. The average Bonchev–Trinajstić information content (AvgIpc) is 2.58. The largest absolute Gasteiger partial charge is 0.329 e. The molecular formula is C10H22N2O2S. The fraction of sp³-hybridized carbons (Fsp3) is 1.00. The van der Waals surface area contributed by atoms with Crippen LogP contribution in [0.5, 0.6) is 0 Å². The van der Waals surface area contributed by atoms with Gasteiger partial charge in [0.05, 0.1) is 5.25 Å². The van der Waals surface area contributed by atoms with Gasteiger partial charge >= 0.3 is 0 Å². The van der Waals surface area contributed by atoms with E-state index in [0.717, 1.165) is 19.3 Å². The fourth-order valence-electron chi connectivity index (χ4n) is 2.22. The molecule has 5 heteroatoms. The Labute approximate surface area is 92.9 Å². The van der Waals surface area contributed by atoms with Crippen molar-refractivity contribution < 1.29 is 8.42 Å². The summed E-state index contributed by atoms with van der Waals surface area (Å²) in [6.45, 7) is 5.91. The predicted octanol–water partition coefficient (Wildman–Crippen LogP) is 0.926. The zero-order chi connectivity index (χ0) is 11.6. The van der Waals surface area contributed by atoms with Gasteiger partial charge in [-0.15, -0.1) is 0 Å². The number of nitrogens with zero attached hydrogens (tertiary/aromatic N) is 1. The van der Waals surface area contributed by atoms with Crippen LogP contribution in [-0.2, 0) is 10.0 Å². The summed E-state index contributed by atoms with van der Waals surface area (Å²) in [7, 11) is -3.19. The van der Waals surface area contributed by atoms with Gasteiger partial charge in [-0.1, -0.05) is 6.92 Å². The highest BCUT2D eigenvalue weighted by Gasteiger charge is 2.40. The molecule has 1 heterocycles. The minimum atomic E-state index is -3.19. The first kappa shape index (κ1) is 12.9. The van der Waals surface area contributed by atoms with Crippen molar-refractivity contribution in [3.05, 3.63) is 0 Å². The average molecular weight is 234 g/mol. The molecule has 0 spiro atoms. The van der Waals surface area contributed by atoms with Crippen LogP contribution in [0.1, 0.15) is 40.0 Å². The minimum absolute atomic E-state index is 0.133. The molecule has 0 saturated carbocycles. The molecule has 0 amide bonds. The Morgan fingerprint density at radius 1 is 1.47 bits per heavy atom. The molecule has 0 radical (unpaired) electrons. The van der Waals surface area contributed by atoms with E-state index in [1.807, 2.05) is 13.8 Å². The summed E-state index contributed by atoms with van der Waals surface area (Å²) in [4.78, 5) is 0. The Hall–Kier alpha value is -0.130. The molecular weight excluding hydrogens is 212 g/mol. The van der Waals surface area contributed by atoms with Gasteiger partial charge in [-0.25, -0.2) is 8.42 Å². The Morgan fingerprint density at radius 2 is 2.07 bits per heavy atom. The number of hydrogen-bond donors (Lipinski definition) is 1. The van der Waals surface area contributed by atoms with Gasteiger partial charge < -0.3 is 5.73 Å². The van der Waals surface area contributed by atoms with Gasteiger partial charge in [-0.3, -0.25) is 0 Å². The molecule has 3 unspecified atom stereocenters. The quantitative estimate of drug-likeness (QED) is 0.787. The molecule has 4 nitrogen and oxygen atoms in total. The summed E-state index contributed by atoms with van der Waals surface area (Å²) in [6.07, 6.45) is 2.84. The monoisotopic (exact) mass is 234 g/mol. The molecule has 0 aromatic rings. The van der Waals surface area contributed by atoms with Crippen molar-refractivity contribution in [1.82, 2.24) is 4.31 Å². The lowest BCUT2D eigenvalue weighted by molar-refractivity contribution is 0.325.